The molecule has 1 amide bonds. The molecule has 1 aliphatic rings. The maximum absolute atomic E-state index is 12.4. The van der Waals surface area contributed by atoms with Gasteiger partial charge in [0.2, 0.25) is 11.8 Å². The number of fused-ring (bicyclic) bond motifs is 1. The Bertz CT molecular complexity index is 817. The molecule has 1 unspecified atom stereocenters. The minimum atomic E-state index is -4.45. The Morgan fingerprint density at radius 1 is 1.38 bits per heavy atom. The summed E-state index contributed by atoms with van der Waals surface area (Å²) in [5, 5.41) is 2.74. The number of rotatable bonds is 5. The number of halogens is 3. The van der Waals surface area contributed by atoms with Crippen LogP contribution in [-0.4, -0.2) is 34.0 Å². The molecule has 0 fully saturated rings. The monoisotopic (exact) mass is 367 g/mol. The summed E-state index contributed by atoms with van der Waals surface area (Å²) in [6, 6.07) is 5.82. The average Bonchev–Trinajstić information content (AvgIpc) is 3.09. The molecule has 1 N–H and O–H groups in total. The van der Waals surface area contributed by atoms with Gasteiger partial charge in [0.1, 0.15) is 6.04 Å². The van der Waals surface area contributed by atoms with Crippen molar-refractivity contribution in [2.45, 2.75) is 31.6 Å². The number of ketones is 1. The molecule has 0 spiro atoms. The fourth-order valence-corrected chi connectivity index (χ4v) is 2.80. The van der Waals surface area contributed by atoms with Crippen LogP contribution in [0.25, 0.3) is 0 Å². The first kappa shape index (κ1) is 18.0. The second kappa shape index (κ2) is 7.19. The highest BCUT2D eigenvalue weighted by atomic mass is 19.4. The van der Waals surface area contributed by atoms with E-state index in [2.05, 4.69) is 15.0 Å². The van der Waals surface area contributed by atoms with Crippen molar-refractivity contribution in [3.8, 4) is 5.88 Å². The molecule has 138 valence electrons. The zero-order valence-electron chi connectivity index (χ0n) is 13.6. The summed E-state index contributed by atoms with van der Waals surface area (Å²) in [6.07, 6.45) is -0.739. The number of hydrogen-bond acceptors (Lipinski definition) is 4. The molecule has 0 aliphatic carbocycles. The molecule has 6 nitrogen and oxygen atoms in total. The molecular formula is C17H16F3N3O3. The molecule has 3 heterocycles. The summed E-state index contributed by atoms with van der Waals surface area (Å²) in [5.41, 5.74) is 1.06. The third kappa shape index (κ3) is 4.22. The van der Waals surface area contributed by atoms with E-state index < -0.39 is 18.8 Å². The minimum Gasteiger partial charge on any atom is -0.468 e. The Morgan fingerprint density at radius 2 is 2.19 bits per heavy atom. The molecule has 2 aromatic heterocycles. The van der Waals surface area contributed by atoms with Crippen LogP contribution in [0.1, 0.15) is 34.9 Å². The van der Waals surface area contributed by atoms with Crippen molar-refractivity contribution < 1.29 is 27.5 Å². The number of pyridine rings is 1. The number of carbonyl (C=O) groups is 2. The Hall–Kier alpha value is -2.84. The summed E-state index contributed by atoms with van der Waals surface area (Å²) in [6.45, 7) is -1.31. The molecule has 3 rings (SSSR count). The molecular weight excluding hydrogens is 351 g/mol. The second-order valence-corrected chi connectivity index (χ2v) is 5.90. The van der Waals surface area contributed by atoms with E-state index in [0.717, 1.165) is 0 Å². The van der Waals surface area contributed by atoms with Gasteiger partial charge in [-0.1, -0.05) is 0 Å². The van der Waals surface area contributed by atoms with Crippen molar-refractivity contribution >= 4 is 11.7 Å². The van der Waals surface area contributed by atoms with Gasteiger partial charge >= 0.3 is 6.18 Å². The molecule has 2 aromatic rings. The van der Waals surface area contributed by atoms with Crippen LogP contribution >= 0.6 is 0 Å². The predicted octanol–water partition coefficient (Wildman–Crippen LogP) is 2.66. The Kier molecular flexibility index (Phi) is 4.97. The quantitative estimate of drug-likeness (QED) is 0.882. The van der Waals surface area contributed by atoms with Gasteiger partial charge in [-0.2, -0.15) is 13.2 Å². The first-order valence-electron chi connectivity index (χ1n) is 7.96. The highest BCUT2D eigenvalue weighted by molar-refractivity contribution is 5.97. The summed E-state index contributed by atoms with van der Waals surface area (Å²) in [4.78, 5) is 28.0. The summed E-state index contributed by atoms with van der Waals surface area (Å²) in [7, 11) is 0. The molecule has 0 radical (unpaired) electrons. The fourth-order valence-electron chi connectivity index (χ4n) is 2.80. The zero-order chi connectivity index (χ0) is 18.7. The van der Waals surface area contributed by atoms with Crippen molar-refractivity contribution in [2.24, 2.45) is 0 Å². The predicted molar refractivity (Wildman–Crippen MR) is 84.7 cm³/mol. The molecule has 0 saturated heterocycles. The topological polar surface area (TPSA) is 73.2 Å². The third-order valence-corrected chi connectivity index (χ3v) is 4.00. The van der Waals surface area contributed by atoms with Gasteiger partial charge in [0.25, 0.3) is 0 Å². The van der Waals surface area contributed by atoms with Crippen molar-refractivity contribution in [3.05, 3.63) is 47.9 Å². The lowest BCUT2D eigenvalue weighted by atomic mass is 10.0. The van der Waals surface area contributed by atoms with Gasteiger partial charge in [-0.3, -0.25) is 9.59 Å². The van der Waals surface area contributed by atoms with Gasteiger partial charge in [0, 0.05) is 31.4 Å². The van der Waals surface area contributed by atoms with Crippen LogP contribution in [-0.2, 0) is 11.3 Å². The van der Waals surface area contributed by atoms with Crippen LogP contribution in [0, 0.1) is 0 Å². The van der Waals surface area contributed by atoms with Crippen molar-refractivity contribution in [2.75, 3.05) is 6.61 Å². The van der Waals surface area contributed by atoms with Gasteiger partial charge in [0.05, 0.1) is 5.69 Å². The maximum atomic E-state index is 12.4. The fraction of sp³-hybridized carbons (Fsp3) is 0.353. The normalized spacial score (nSPS) is 16.9. The standard InChI is InChI=1S/C17H16F3N3O3/c18-17(19,20)10-26-15-8-11(5-6-21-15)9-22-16(25)13-3-4-14(24)12-2-1-7-23(12)13/h1-2,5-8,13H,3-4,9-10H2,(H,22,25). The minimum absolute atomic E-state index is 0.000334. The number of nitrogens with one attached hydrogen (secondary N) is 1. The maximum Gasteiger partial charge on any atom is 0.422 e. The lowest BCUT2D eigenvalue weighted by Gasteiger charge is -2.24. The van der Waals surface area contributed by atoms with Crippen LogP contribution in [0.15, 0.2) is 36.7 Å². The van der Waals surface area contributed by atoms with Gasteiger partial charge in [-0.05, 0) is 30.2 Å². The number of Topliss-reactive ketones (excluding diaryl/α,β-unsaturated/α-hetero) is 1. The smallest absolute Gasteiger partial charge is 0.422 e. The van der Waals surface area contributed by atoms with Gasteiger partial charge in [-0.25, -0.2) is 4.98 Å². The highest BCUT2D eigenvalue weighted by Crippen LogP contribution is 2.25. The van der Waals surface area contributed by atoms with Gasteiger partial charge in [0.15, 0.2) is 12.4 Å². The van der Waals surface area contributed by atoms with Gasteiger partial charge in [-0.15, -0.1) is 0 Å². The van der Waals surface area contributed by atoms with Crippen LogP contribution in [0.2, 0.25) is 0 Å². The van der Waals surface area contributed by atoms with E-state index in [-0.39, 0.29) is 24.1 Å². The van der Waals surface area contributed by atoms with Gasteiger partial charge < -0.3 is 14.6 Å². The highest BCUT2D eigenvalue weighted by Gasteiger charge is 2.30. The van der Waals surface area contributed by atoms with Crippen molar-refractivity contribution in [3.63, 3.8) is 0 Å². The lowest BCUT2D eigenvalue weighted by molar-refractivity contribution is -0.154. The Balaban J connectivity index is 1.60. The van der Waals surface area contributed by atoms with Crippen molar-refractivity contribution in [1.29, 1.82) is 0 Å². The van der Waals surface area contributed by atoms with E-state index >= 15 is 0 Å². The van der Waals surface area contributed by atoms with Crippen LogP contribution < -0.4 is 10.1 Å². The van der Waals surface area contributed by atoms with Crippen molar-refractivity contribution in [1.82, 2.24) is 14.9 Å². The third-order valence-electron chi connectivity index (χ3n) is 4.00. The van der Waals surface area contributed by atoms with E-state index in [0.29, 0.717) is 24.1 Å². The van der Waals surface area contributed by atoms with E-state index in [9.17, 15) is 22.8 Å². The summed E-state index contributed by atoms with van der Waals surface area (Å²) in [5.74, 6) is -0.422. The number of ether oxygens (including phenoxy) is 1. The Morgan fingerprint density at radius 3 is 2.96 bits per heavy atom. The Labute approximate surface area is 147 Å². The molecule has 1 aliphatic heterocycles. The molecule has 0 bridgehead atoms. The number of carbonyl (C=O) groups excluding carboxylic acids is 2. The molecule has 9 heteroatoms. The molecule has 0 aromatic carbocycles. The number of amides is 1. The summed E-state index contributed by atoms with van der Waals surface area (Å²) >= 11 is 0. The zero-order valence-corrected chi connectivity index (χ0v) is 13.6. The molecule has 26 heavy (non-hydrogen) atoms. The first-order chi connectivity index (χ1) is 12.3. The number of hydrogen-bond donors (Lipinski definition) is 1. The molecule has 1 atom stereocenters. The number of alkyl halides is 3. The van der Waals surface area contributed by atoms with Crippen LogP contribution in [0.4, 0.5) is 13.2 Å². The summed E-state index contributed by atoms with van der Waals surface area (Å²) < 4.78 is 42.8. The average molecular weight is 367 g/mol. The van der Waals surface area contributed by atoms with E-state index in [1.807, 2.05) is 0 Å². The largest absolute Gasteiger partial charge is 0.468 e. The first-order valence-corrected chi connectivity index (χ1v) is 7.96. The van der Waals surface area contributed by atoms with Crippen LogP contribution in [0.5, 0.6) is 5.88 Å². The second-order valence-electron chi connectivity index (χ2n) is 5.90. The van der Waals surface area contributed by atoms with E-state index in [4.69, 9.17) is 0 Å². The number of nitrogens with zero attached hydrogens (tertiary/aromatic N) is 2. The number of aromatic nitrogens is 2. The SMILES string of the molecule is O=C1CCC(C(=O)NCc2ccnc(OCC(F)(F)F)c2)n2cccc21. The lowest BCUT2D eigenvalue weighted by Crippen LogP contribution is -2.35. The van der Waals surface area contributed by atoms with E-state index in [1.54, 1.807) is 29.0 Å². The van der Waals surface area contributed by atoms with Crippen LogP contribution in [0.3, 0.4) is 0 Å². The van der Waals surface area contributed by atoms with E-state index in [1.165, 1.54) is 12.3 Å². The molecule has 0 saturated carbocycles.